The average Bonchev–Trinajstić information content (AvgIpc) is 3.84. The molecule has 0 saturated carbocycles. The van der Waals surface area contributed by atoms with Gasteiger partial charge in [-0.15, -0.1) is 0 Å². The van der Waals surface area contributed by atoms with Gasteiger partial charge in [0.1, 0.15) is 33.8 Å². The molecule has 0 amide bonds. The van der Waals surface area contributed by atoms with Crippen molar-refractivity contribution in [2.24, 2.45) is 0 Å². The number of fused-ring (bicyclic) bond motifs is 6. The van der Waals surface area contributed by atoms with E-state index in [-0.39, 0.29) is 12.1 Å². The highest BCUT2D eigenvalue weighted by Gasteiger charge is 2.51. The van der Waals surface area contributed by atoms with Crippen molar-refractivity contribution in [1.29, 1.82) is 5.26 Å². The summed E-state index contributed by atoms with van der Waals surface area (Å²) in [6.45, 7) is 4.57. The van der Waals surface area contributed by atoms with Gasteiger partial charge in [0.25, 0.3) is 6.71 Å². The Balaban J connectivity index is 1.15. The Hall–Kier alpha value is -7.49. The molecule has 0 spiro atoms. The van der Waals surface area contributed by atoms with Gasteiger partial charge in [0.05, 0.1) is 11.6 Å². The molecule has 0 bridgehead atoms. The minimum absolute atomic E-state index is 0.109. The van der Waals surface area contributed by atoms with Crippen molar-refractivity contribution in [1.82, 2.24) is 0 Å². The minimum atomic E-state index is -0.331. The quantitative estimate of drug-likeness (QED) is 0.169. The van der Waals surface area contributed by atoms with Crippen LogP contribution in [0.4, 0.5) is 17.1 Å². The lowest BCUT2D eigenvalue weighted by Gasteiger charge is -2.48. The Morgan fingerprint density at radius 3 is 1.71 bits per heavy atom. The molecule has 6 heteroatoms. The predicted molar refractivity (Wildman–Crippen MR) is 235 cm³/mol. The van der Waals surface area contributed by atoms with Crippen LogP contribution in [0.25, 0.3) is 66.1 Å². The lowest BCUT2D eigenvalue weighted by atomic mass is 9.29. The van der Waals surface area contributed by atoms with Gasteiger partial charge < -0.3 is 18.5 Å². The van der Waals surface area contributed by atoms with Crippen molar-refractivity contribution < 1.29 is 13.6 Å². The van der Waals surface area contributed by atoms with Crippen LogP contribution >= 0.6 is 0 Å². The molecule has 10 aromatic rings. The van der Waals surface area contributed by atoms with E-state index in [1.54, 1.807) is 0 Å². The van der Waals surface area contributed by atoms with Crippen LogP contribution in [0.15, 0.2) is 160 Å². The highest BCUT2D eigenvalue weighted by atomic mass is 16.5. The third kappa shape index (κ3) is 3.95. The molecule has 0 atom stereocenters. The zero-order chi connectivity index (χ0) is 38.4. The molecule has 270 valence electrons. The first-order valence-electron chi connectivity index (χ1n) is 19.8. The van der Waals surface area contributed by atoms with Crippen molar-refractivity contribution in [2.45, 2.75) is 19.3 Å². The topological polar surface area (TPSA) is 62.5 Å². The molecule has 0 aliphatic carbocycles. The van der Waals surface area contributed by atoms with Crippen LogP contribution in [0.2, 0.25) is 0 Å². The number of hydrogen-bond donors (Lipinski definition) is 0. The third-order valence-corrected chi connectivity index (χ3v) is 13.0. The lowest BCUT2D eigenvalue weighted by Crippen LogP contribution is -2.66. The van der Waals surface area contributed by atoms with E-state index in [1.165, 1.54) is 22.1 Å². The zero-order valence-electron chi connectivity index (χ0n) is 31.6. The highest BCUT2D eigenvalue weighted by molar-refractivity contribution is 7.00. The number of nitriles is 1. The Morgan fingerprint density at radius 1 is 0.500 bits per heavy atom. The van der Waals surface area contributed by atoms with Gasteiger partial charge in [0.15, 0.2) is 0 Å². The van der Waals surface area contributed by atoms with Crippen LogP contribution in [0.3, 0.4) is 0 Å². The Bertz CT molecular complexity index is 3490. The van der Waals surface area contributed by atoms with E-state index in [0.29, 0.717) is 5.56 Å². The molecule has 0 radical (unpaired) electrons. The summed E-state index contributed by atoms with van der Waals surface area (Å²) in [6, 6.07) is 55.3. The van der Waals surface area contributed by atoms with E-state index in [2.05, 4.69) is 140 Å². The van der Waals surface area contributed by atoms with E-state index in [1.807, 2.05) is 36.4 Å². The Kier molecular flexibility index (Phi) is 6.06. The molecule has 3 aliphatic rings. The molecule has 0 fully saturated rings. The van der Waals surface area contributed by atoms with Gasteiger partial charge in [-0.05, 0) is 82.1 Å². The standard InChI is InChI=1S/C52H31BN2O3/c1-52(2)39-16-9-17-41-45(39)53-46-40(52)26-24-37(35-14-7-12-33-31-10-3-5-18-43(31)56-48(33)35)50(46)58-51-38(36-15-8-13-34-32-11-4-6-19-44(32)57-49(34)36)25-27-42(47(51)53)55(41)30-22-20-29(28-54)21-23-30/h3-27H,1-2H3. The van der Waals surface area contributed by atoms with Crippen molar-refractivity contribution in [3.8, 4) is 39.8 Å². The van der Waals surface area contributed by atoms with Crippen LogP contribution in [-0.4, -0.2) is 6.71 Å². The van der Waals surface area contributed by atoms with Crippen molar-refractivity contribution in [2.75, 3.05) is 4.90 Å². The van der Waals surface area contributed by atoms with Crippen LogP contribution in [-0.2, 0) is 5.41 Å². The molecule has 3 aliphatic heterocycles. The minimum Gasteiger partial charge on any atom is -0.457 e. The van der Waals surface area contributed by atoms with E-state index >= 15 is 0 Å². The monoisotopic (exact) mass is 742 g/mol. The maximum absolute atomic E-state index is 9.73. The van der Waals surface area contributed by atoms with Crippen LogP contribution in [0, 0.1) is 11.3 Å². The SMILES string of the molecule is CC1(C)c2cccc3c2B2c4c(ccc(-c5cccc6c5oc5ccccc56)c4Oc4c(-c5cccc6c5oc5ccccc56)ccc1c42)N3c1ccc(C#N)cc1. The Labute approximate surface area is 334 Å². The second-order valence-corrected chi connectivity index (χ2v) is 16.2. The summed E-state index contributed by atoms with van der Waals surface area (Å²) < 4.78 is 21.0. The molecule has 5 nitrogen and oxygen atoms in total. The maximum atomic E-state index is 9.73. The fraction of sp³-hybridized carbons (Fsp3) is 0.0577. The predicted octanol–water partition coefficient (Wildman–Crippen LogP) is 11.7. The number of anilines is 3. The normalized spacial score (nSPS) is 14.2. The highest BCUT2D eigenvalue weighted by Crippen LogP contribution is 2.52. The summed E-state index contributed by atoms with van der Waals surface area (Å²) >= 11 is 0. The van der Waals surface area contributed by atoms with E-state index < -0.39 is 0 Å². The lowest BCUT2D eigenvalue weighted by molar-refractivity contribution is 0.488. The van der Waals surface area contributed by atoms with Crippen LogP contribution in [0.1, 0.15) is 30.5 Å². The number of para-hydroxylation sites is 4. The molecule has 58 heavy (non-hydrogen) atoms. The van der Waals surface area contributed by atoms with Crippen LogP contribution < -0.4 is 26.0 Å². The first kappa shape index (κ1) is 31.7. The number of nitrogens with zero attached hydrogens (tertiary/aromatic N) is 2. The fourth-order valence-corrected chi connectivity index (χ4v) is 10.4. The number of hydrogen-bond acceptors (Lipinski definition) is 5. The summed E-state index contributed by atoms with van der Waals surface area (Å²) in [6.07, 6.45) is 0. The van der Waals surface area contributed by atoms with Gasteiger partial charge in [-0.3, -0.25) is 0 Å². The van der Waals surface area contributed by atoms with Gasteiger partial charge >= 0.3 is 0 Å². The number of furan rings is 2. The van der Waals surface area contributed by atoms with E-state index in [4.69, 9.17) is 13.6 Å². The van der Waals surface area contributed by atoms with Gasteiger partial charge in [-0.1, -0.05) is 111 Å². The number of benzene rings is 8. The summed E-state index contributed by atoms with van der Waals surface area (Å²) in [5.41, 5.74) is 17.0. The van der Waals surface area contributed by atoms with E-state index in [0.717, 1.165) is 100 Å². The van der Waals surface area contributed by atoms with Gasteiger partial charge in [0, 0.05) is 66.3 Å². The smallest absolute Gasteiger partial charge is 0.257 e. The fourth-order valence-electron chi connectivity index (χ4n) is 10.4. The van der Waals surface area contributed by atoms with Crippen LogP contribution in [0.5, 0.6) is 11.5 Å². The molecular formula is C52H31BN2O3. The summed E-state index contributed by atoms with van der Waals surface area (Å²) in [7, 11) is 0. The molecule has 2 aromatic heterocycles. The molecule has 8 aromatic carbocycles. The van der Waals surface area contributed by atoms with Gasteiger partial charge in [-0.2, -0.15) is 5.26 Å². The third-order valence-electron chi connectivity index (χ3n) is 13.0. The van der Waals surface area contributed by atoms with Gasteiger partial charge in [-0.25, -0.2) is 0 Å². The summed E-state index contributed by atoms with van der Waals surface area (Å²) in [5.74, 6) is 1.68. The average molecular weight is 743 g/mol. The summed E-state index contributed by atoms with van der Waals surface area (Å²) in [5, 5.41) is 14.1. The zero-order valence-corrected chi connectivity index (χ0v) is 31.6. The second-order valence-electron chi connectivity index (χ2n) is 16.2. The first-order valence-corrected chi connectivity index (χ1v) is 19.8. The molecule has 5 heterocycles. The maximum Gasteiger partial charge on any atom is 0.257 e. The molecule has 0 saturated heterocycles. The van der Waals surface area contributed by atoms with Crippen molar-refractivity contribution in [3.63, 3.8) is 0 Å². The molecular weight excluding hydrogens is 711 g/mol. The first-order chi connectivity index (χ1) is 28.5. The summed E-state index contributed by atoms with van der Waals surface area (Å²) in [4.78, 5) is 2.36. The molecule has 0 N–H and O–H groups in total. The van der Waals surface area contributed by atoms with Crippen molar-refractivity contribution in [3.05, 3.63) is 168 Å². The van der Waals surface area contributed by atoms with Gasteiger partial charge in [0.2, 0.25) is 0 Å². The largest absolute Gasteiger partial charge is 0.457 e. The molecule has 13 rings (SSSR count). The number of rotatable bonds is 3. The van der Waals surface area contributed by atoms with Crippen molar-refractivity contribution >= 4 is 84.0 Å². The Morgan fingerprint density at radius 2 is 1.05 bits per heavy atom. The van der Waals surface area contributed by atoms with E-state index in [9.17, 15) is 5.26 Å². The molecule has 0 unspecified atom stereocenters. The second kappa shape index (κ2) is 11.1. The number of ether oxygens (including phenoxy) is 1.